The first kappa shape index (κ1) is 17.9. The van der Waals surface area contributed by atoms with Gasteiger partial charge in [-0.1, -0.05) is 17.3 Å². The lowest BCUT2D eigenvalue weighted by Gasteiger charge is -2.05. The van der Waals surface area contributed by atoms with Gasteiger partial charge in [-0.25, -0.2) is 4.79 Å². The third kappa shape index (κ3) is 3.55. The van der Waals surface area contributed by atoms with Gasteiger partial charge in [0.1, 0.15) is 6.54 Å². The average molecular weight is 352 g/mol. The van der Waals surface area contributed by atoms with Gasteiger partial charge >= 0.3 is 5.69 Å². The molecule has 0 aliphatic rings. The molecule has 0 aliphatic carbocycles. The second-order valence-corrected chi connectivity index (χ2v) is 5.37. The van der Waals surface area contributed by atoms with E-state index in [0.717, 1.165) is 4.57 Å². The van der Waals surface area contributed by atoms with Crippen molar-refractivity contribution >= 4 is 23.3 Å². The normalized spacial score (nSPS) is 12.1. The highest BCUT2D eigenvalue weighted by atomic mass is 35.5. The Kier molecular flexibility index (Phi) is 5.53. The third-order valence-electron chi connectivity index (χ3n) is 3.67. The summed E-state index contributed by atoms with van der Waals surface area (Å²) in [5.41, 5.74) is -0.377. The SMILES string of the molecule is CNC(C)Cc1noc(Cn2c(=O)[nH]c3ccccc3c2=O)n1.Cl. The van der Waals surface area contributed by atoms with E-state index < -0.39 is 5.69 Å². The van der Waals surface area contributed by atoms with Crippen LogP contribution in [-0.4, -0.2) is 32.8 Å². The number of benzene rings is 1. The van der Waals surface area contributed by atoms with Gasteiger partial charge < -0.3 is 14.8 Å². The smallest absolute Gasteiger partial charge is 0.329 e. The summed E-state index contributed by atoms with van der Waals surface area (Å²) in [7, 11) is 1.85. The Balaban J connectivity index is 0.00000208. The van der Waals surface area contributed by atoms with Gasteiger partial charge in [0, 0.05) is 12.5 Å². The molecule has 24 heavy (non-hydrogen) atoms. The molecule has 2 aromatic heterocycles. The molecule has 3 rings (SSSR count). The van der Waals surface area contributed by atoms with Crippen LogP contribution in [0.25, 0.3) is 10.9 Å². The largest absolute Gasteiger partial charge is 0.337 e. The summed E-state index contributed by atoms with van der Waals surface area (Å²) < 4.78 is 6.19. The number of likely N-dealkylation sites (N-methyl/N-ethyl adjacent to an activating group) is 1. The van der Waals surface area contributed by atoms with Crippen LogP contribution in [-0.2, 0) is 13.0 Å². The maximum absolute atomic E-state index is 12.4. The lowest BCUT2D eigenvalue weighted by molar-refractivity contribution is 0.361. The van der Waals surface area contributed by atoms with Gasteiger partial charge in [0.2, 0.25) is 5.89 Å². The number of aromatic nitrogens is 4. The van der Waals surface area contributed by atoms with E-state index in [1.165, 1.54) is 0 Å². The number of hydrogen-bond acceptors (Lipinski definition) is 6. The molecule has 0 fully saturated rings. The van der Waals surface area contributed by atoms with Crippen molar-refractivity contribution in [2.24, 2.45) is 0 Å². The Morgan fingerprint density at radius 2 is 2.08 bits per heavy atom. The van der Waals surface area contributed by atoms with Crippen LogP contribution in [0.4, 0.5) is 0 Å². The van der Waals surface area contributed by atoms with E-state index in [9.17, 15) is 9.59 Å². The summed E-state index contributed by atoms with van der Waals surface area (Å²) in [6.07, 6.45) is 0.600. The molecule has 0 amide bonds. The molecule has 1 unspecified atom stereocenters. The Hall–Kier alpha value is -2.45. The number of aromatic amines is 1. The number of halogens is 1. The fourth-order valence-electron chi connectivity index (χ4n) is 2.29. The summed E-state index contributed by atoms with van der Waals surface area (Å²) in [4.78, 5) is 31.4. The van der Waals surface area contributed by atoms with Crippen LogP contribution in [0.15, 0.2) is 38.4 Å². The molecule has 0 radical (unpaired) electrons. The Morgan fingerprint density at radius 3 is 2.83 bits per heavy atom. The summed E-state index contributed by atoms with van der Waals surface area (Å²) in [5.74, 6) is 0.762. The number of nitrogens with one attached hydrogen (secondary N) is 2. The van der Waals surface area contributed by atoms with E-state index in [2.05, 4.69) is 20.4 Å². The fraction of sp³-hybridized carbons (Fsp3) is 0.333. The Bertz CT molecular complexity index is 946. The maximum atomic E-state index is 12.4. The van der Waals surface area contributed by atoms with Crippen molar-refractivity contribution in [2.45, 2.75) is 25.9 Å². The van der Waals surface area contributed by atoms with Crippen molar-refractivity contribution in [3.05, 3.63) is 56.8 Å². The van der Waals surface area contributed by atoms with E-state index in [1.807, 2.05) is 14.0 Å². The van der Waals surface area contributed by atoms with Crippen molar-refractivity contribution in [2.75, 3.05) is 7.05 Å². The van der Waals surface area contributed by atoms with E-state index in [1.54, 1.807) is 24.3 Å². The Morgan fingerprint density at radius 1 is 1.33 bits per heavy atom. The maximum Gasteiger partial charge on any atom is 0.329 e. The second kappa shape index (κ2) is 7.41. The quantitative estimate of drug-likeness (QED) is 0.700. The van der Waals surface area contributed by atoms with Crippen LogP contribution >= 0.6 is 12.4 Å². The zero-order valence-electron chi connectivity index (χ0n) is 13.3. The zero-order valence-corrected chi connectivity index (χ0v) is 14.1. The van der Waals surface area contributed by atoms with Gasteiger partial charge in [-0.05, 0) is 26.1 Å². The predicted molar refractivity (Wildman–Crippen MR) is 91.7 cm³/mol. The van der Waals surface area contributed by atoms with Crippen molar-refractivity contribution in [1.82, 2.24) is 25.0 Å². The number of para-hydroxylation sites is 1. The molecule has 2 N–H and O–H groups in total. The lowest BCUT2D eigenvalue weighted by atomic mass is 10.2. The first-order chi connectivity index (χ1) is 11.1. The van der Waals surface area contributed by atoms with Gasteiger partial charge in [0.25, 0.3) is 5.56 Å². The predicted octanol–water partition coefficient (Wildman–Crippen LogP) is 0.693. The molecule has 0 aliphatic heterocycles. The molecule has 2 heterocycles. The highest BCUT2D eigenvalue weighted by molar-refractivity contribution is 5.85. The van der Waals surface area contributed by atoms with E-state index in [0.29, 0.717) is 23.1 Å². The van der Waals surface area contributed by atoms with Crippen molar-refractivity contribution in [1.29, 1.82) is 0 Å². The summed E-state index contributed by atoms with van der Waals surface area (Å²) >= 11 is 0. The number of H-pyrrole nitrogens is 1. The van der Waals surface area contributed by atoms with Crippen LogP contribution in [0.1, 0.15) is 18.6 Å². The highest BCUT2D eigenvalue weighted by Crippen LogP contribution is 2.05. The average Bonchev–Trinajstić information content (AvgIpc) is 2.98. The number of hydrogen-bond donors (Lipinski definition) is 2. The minimum atomic E-state index is -0.503. The lowest BCUT2D eigenvalue weighted by Crippen LogP contribution is -2.35. The summed E-state index contributed by atoms with van der Waals surface area (Å²) in [6, 6.07) is 7.06. The second-order valence-electron chi connectivity index (χ2n) is 5.37. The molecular formula is C15H18ClN5O3. The third-order valence-corrected chi connectivity index (χ3v) is 3.67. The van der Waals surface area contributed by atoms with Gasteiger partial charge in [-0.15, -0.1) is 12.4 Å². The van der Waals surface area contributed by atoms with Gasteiger partial charge in [-0.3, -0.25) is 9.36 Å². The van der Waals surface area contributed by atoms with Gasteiger partial charge in [0.15, 0.2) is 5.82 Å². The molecule has 8 nitrogen and oxygen atoms in total. The molecule has 0 bridgehead atoms. The number of rotatable bonds is 5. The first-order valence-corrected chi connectivity index (χ1v) is 7.29. The zero-order chi connectivity index (χ0) is 16.4. The fourth-order valence-corrected chi connectivity index (χ4v) is 2.29. The van der Waals surface area contributed by atoms with E-state index in [4.69, 9.17) is 4.52 Å². The van der Waals surface area contributed by atoms with Crippen LogP contribution in [0.2, 0.25) is 0 Å². The van der Waals surface area contributed by atoms with E-state index >= 15 is 0 Å². The van der Waals surface area contributed by atoms with Crippen LogP contribution in [0, 0.1) is 0 Å². The van der Waals surface area contributed by atoms with Crippen LogP contribution < -0.4 is 16.6 Å². The standard InChI is InChI=1S/C15H17N5O3.ClH/c1-9(16-2)7-12-18-13(23-19-12)8-20-14(21)10-5-3-4-6-11(10)17-15(20)22;/h3-6,9,16H,7-8H2,1-2H3,(H,17,22);1H. The van der Waals surface area contributed by atoms with Gasteiger partial charge in [-0.2, -0.15) is 4.98 Å². The molecule has 1 aromatic carbocycles. The topological polar surface area (TPSA) is 106 Å². The minimum Gasteiger partial charge on any atom is -0.337 e. The van der Waals surface area contributed by atoms with Crippen molar-refractivity contribution < 1.29 is 4.52 Å². The minimum absolute atomic E-state index is 0. The summed E-state index contributed by atoms with van der Waals surface area (Å²) in [5, 5.41) is 7.39. The number of nitrogens with zero attached hydrogens (tertiary/aromatic N) is 3. The number of fused-ring (bicyclic) bond motifs is 1. The van der Waals surface area contributed by atoms with Crippen LogP contribution in [0.3, 0.4) is 0 Å². The molecule has 3 aromatic rings. The molecule has 1 atom stereocenters. The molecular weight excluding hydrogens is 334 g/mol. The summed E-state index contributed by atoms with van der Waals surface area (Å²) in [6.45, 7) is 1.94. The monoisotopic (exact) mass is 351 g/mol. The van der Waals surface area contributed by atoms with Gasteiger partial charge in [0.05, 0.1) is 10.9 Å². The Labute approximate surface area is 143 Å². The van der Waals surface area contributed by atoms with Crippen LogP contribution in [0.5, 0.6) is 0 Å². The molecule has 128 valence electrons. The molecule has 0 saturated carbocycles. The van der Waals surface area contributed by atoms with E-state index in [-0.39, 0.29) is 36.4 Å². The highest BCUT2D eigenvalue weighted by Gasteiger charge is 2.13. The molecule has 0 saturated heterocycles. The molecule has 9 heteroatoms. The van der Waals surface area contributed by atoms with Crippen molar-refractivity contribution in [3.63, 3.8) is 0 Å². The first-order valence-electron chi connectivity index (χ1n) is 7.29. The van der Waals surface area contributed by atoms with Crippen molar-refractivity contribution in [3.8, 4) is 0 Å². The molecule has 0 spiro atoms.